The molecule has 0 saturated carbocycles. The third-order valence-corrected chi connectivity index (χ3v) is 4.81. The summed E-state index contributed by atoms with van der Waals surface area (Å²) >= 11 is 1.63. The molecular weight excluding hydrogens is 294 g/mol. The Morgan fingerprint density at radius 2 is 1.59 bits per heavy atom. The summed E-state index contributed by atoms with van der Waals surface area (Å²) in [5, 5.41) is 0. The molecule has 1 aliphatic heterocycles. The van der Waals surface area contributed by atoms with Gasteiger partial charge in [0, 0.05) is 45.6 Å². The molecule has 1 aromatic carbocycles. The number of aryl methyl sites for hydroxylation is 1. The lowest BCUT2D eigenvalue weighted by molar-refractivity contribution is 1.13. The van der Waals surface area contributed by atoms with E-state index in [-0.39, 0.29) is 5.43 Å². The van der Waals surface area contributed by atoms with E-state index in [9.17, 15) is 4.79 Å². The molecule has 0 fully saturated rings. The Balaban J connectivity index is 2.37. The molecule has 0 amide bonds. The number of rotatable bonds is 2. The van der Waals surface area contributed by atoms with Crippen molar-refractivity contribution >= 4 is 32.9 Å². The van der Waals surface area contributed by atoms with Crippen LogP contribution in [0.1, 0.15) is 5.56 Å². The summed E-state index contributed by atoms with van der Waals surface area (Å²) < 4.78 is 1.10. The summed E-state index contributed by atoms with van der Waals surface area (Å²) in [6.07, 6.45) is 0. The highest BCUT2D eigenvalue weighted by atomic mass is 32.1. The smallest absolute Gasteiger partial charge is 0.207 e. The van der Waals surface area contributed by atoms with Gasteiger partial charge in [-0.3, -0.25) is 4.79 Å². The molecule has 114 valence electrons. The van der Waals surface area contributed by atoms with Crippen molar-refractivity contribution in [2.24, 2.45) is 0 Å². The molecule has 0 atom stereocenters. The minimum Gasteiger partial charge on any atom is -0.378 e. The third-order valence-electron chi connectivity index (χ3n) is 3.75. The molecular formula is C17H19N3OS. The lowest BCUT2D eigenvalue weighted by atomic mass is 10.1. The van der Waals surface area contributed by atoms with Crippen LogP contribution < -0.4 is 15.2 Å². The number of anilines is 2. The lowest BCUT2D eigenvalue weighted by Crippen LogP contribution is -2.14. The molecule has 5 heteroatoms. The Labute approximate surface area is 134 Å². The van der Waals surface area contributed by atoms with Crippen molar-refractivity contribution in [2.75, 3.05) is 38.0 Å². The van der Waals surface area contributed by atoms with Crippen LogP contribution in [0, 0.1) is 6.92 Å². The summed E-state index contributed by atoms with van der Waals surface area (Å²) in [6.45, 7) is 2.04. The van der Waals surface area contributed by atoms with Gasteiger partial charge in [0.15, 0.2) is 0 Å². The first-order chi connectivity index (χ1) is 10.4. The van der Waals surface area contributed by atoms with Crippen LogP contribution >= 0.6 is 11.3 Å². The largest absolute Gasteiger partial charge is 0.378 e. The van der Waals surface area contributed by atoms with Crippen molar-refractivity contribution in [2.45, 2.75) is 6.92 Å². The number of hydrogen-bond acceptors (Lipinski definition) is 5. The van der Waals surface area contributed by atoms with E-state index in [0.29, 0.717) is 5.69 Å². The molecule has 4 nitrogen and oxygen atoms in total. The van der Waals surface area contributed by atoms with Gasteiger partial charge in [0.25, 0.3) is 0 Å². The molecule has 3 rings (SSSR count). The van der Waals surface area contributed by atoms with Crippen LogP contribution in [0.15, 0.2) is 29.1 Å². The number of fused-ring (bicyclic) bond motifs is 2. The minimum absolute atomic E-state index is 0.0181. The summed E-state index contributed by atoms with van der Waals surface area (Å²) in [7, 11) is 7.93. The van der Waals surface area contributed by atoms with E-state index >= 15 is 0 Å². The molecule has 0 aromatic heterocycles. The molecule has 0 radical (unpaired) electrons. The van der Waals surface area contributed by atoms with E-state index in [4.69, 9.17) is 0 Å². The zero-order valence-electron chi connectivity index (χ0n) is 13.5. The first kappa shape index (κ1) is 14.8. The van der Waals surface area contributed by atoms with Gasteiger partial charge in [-0.25, -0.2) is 4.98 Å². The molecule has 0 bridgehead atoms. The van der Waals surface area contributed by atoms with Gasteiger partial charge in [0.2, 0.25) is 5.43 Å². The molecule has 2 aliphatic rings. The van der Waals surface area contributed by atoms with Crippen molar-refractivity contribution < 1.29 is 0 Å². The van der Waals surface area contributed by atoms with Crippen molar-refractivity contribution in [3.63, 3.8) is 0 Å². The monoisotopic (exact) mass is 313 g/mol. The van der Waals surface area contributed by atoms with Gasteiger partial charge in [0.05, 0.1) is 15.1 Å². The van der Waals surface area contributed by atoms with Gasteiger partial charge in [0.1, 0.15) is 5.69 Å². The van der Waals surface area contributed by atoms with Gasteiger partial charge in [-0.05, 0) is 30.7 Å². The molecule has 0 saturated heterocycles. The Kier molecular flexibility index (Phi) is 3.53. The number of hydrogen-bond donors (Lipinski definition) is 0. The topological polar surface area (TPSA) is 36.4 Å². The van der Waals surface area contributed by atoms with Gasteiger partial charge in [-0.15, -0.1) is 11.3 Å². The molecule has 1 heterocycles. The fraction of sp³-hybridized carbons (Fsp3) is 0.294. The second-order valence-corrected chi connectivity index (χ2v) is 6.99. The van der Waals surface area contributed by atoms with Gasteiger partial charge >= 0.3 is 0 Å². The SMILES string of the molecule is Cc1cc(N(C)C)cc2sc3cc(N(C)C)cc(=O)c-3nc12. The number of aromatic nitrogens is 1. The van der Waals surface area contributed by atoms with E-state index in [2.05, 4.69) is 22.0 Å². The summed E-state index contributed by atoms with van der Waals surface area (Å²) in [5.41, 5.74) is 4.61. The Morgan fingerprint density at radius 3 is 2.23 bits per heavy atom. The van der Waals surface area contributed by atoms with Crippen molar-refractivity contribution in [1.82, 2.24) is 4.98 Å². The highest BCUT2D eigenvalue weighted by Crippen LogP contribution is 2.34. The quantitative estimate of drug-likeness (QED) is 0.681. The maximum atomic E-state index is 12.3. The van der Waals surface area contributed by atoms with Crippen LogP contribution in [0.2, 0.25) is 0 Å². The van der Waals surface area contributed by atoms with E-state index in [1.807, 2.05) is 46.1 Å². The Hall–Kier alpha value is -2.14. The molecule has 0 spiro atoms. The second-order valence-electron chi connectivity index (χ2n) is 5.90. The zero-order chi connectivity index (χ0) is 16.0. The molecule has 1 aromatic rings. The second kappa shape index (κ2) is 5.25. The van der Waals surface area contributed by atoms with E-state index in [1.54, 1.807) is 17.4 Å². The Morgan fingerprint density at radius 1 is 0.955 bits per heavy atom. The van der Waals surface area contributed by atoms with Gasteiger partial charge in [-0.2, -0.15) is 0 Å². The molecule has 22 heavy (non-hydrogen) atoms. The molecule has 0 N–H and O–H groups in total. The summed E-state index contributed by atoms with van der Waals surface area (Å²) in [4.78, 5) is 21.9. The van der Waals surface area contributed by atoms with Crippen molar-refractivity contribution in [3.05, 3.63) is 40.1 Å². The van der Waals surface area contributed by atoms with Gasteiger partial charge < -0.3 is 9.80 Å². The molecule has 1 aliphatic carbocycles. The zero-order valence-corrected chi connectivity index (χ0v) is 14.3. The third kappa shape index (κ3) is 2.41. The summed E-state index contributed by atoms with van der Waals surface area (Å²) in [5.74, 6) is 0. The minimum atomic E-state index is -0.0181. The van der Waals surface area contributed by atoms with Crippen LogP contribution in [0.25, 0.3) is 20.8 Å². The van der Waals surface area contributed by atoms with E-state index in [1.165, 1.54) is 0 Å². The predicted octanol–water partition coefficient (Wildman–Crippen LogP) is 3.20. The van der Waals surface area contributed by atoms with Gasteiger partial charge in [-0.1, -0.05) is 0 Å². The van der Waals surface area contributed by atoms with Crippen LogP contribution in [0.5, 0.6) is 0 Å². The van der Waals surface area contributed by atoms with Crippen LogP contribution in [0.3, 0.4) is 0 Å². The summed E-state index contributed by atoms with van der Waals surface area (Å²) in [6, 6.07) is 7.92. The first-order valence-corrected chi connectivity index (χ1v) is 7.92. The predicted molar refractivity (Wildman–Crippen MR) is 95.9 cm³/mol. The first-order valence-electron chi connectivity index (χ1n) is 7.11. The van der Waals surface area contributed by atoms with E-state index in [0.717, 1.165) is 32.0 Å². The van der Waals surface area contributed by atoms with Crippen molar-refractivity contribution in [1.29, 1.82) is 0 Å². The highest BCUT2D eigenvalue weighted by Gasteiger charge is 2.15. The van der Waals surface area contributed by atoms with Crippen LogP contribution in [-0.4, -0.2) is 33.2 Å². The van der Waals surface area contributed by atoms with E-state index < -0.39 is 0 Å². The maximum Gasteiger partial charge on any atom is 0.207 e. The van der Waals surface area contributed by atoms with Crippen LogP contribution in [0.4, 0.5) is 11.4 Å². The van der Waals surface area contributed by atoms with Crippen LogP contribution in [-0.2, 0) is 0 Å². The number of nitrogens with zero attached hydrogens (tertiary/aromatic N) is 3. The average Bonchev–Trinajstić information content (AvgIpc) is 2.45. The highest BCUT2D eigenvalue weighted by molar-refractivity contribution is 7.21. The normalized spacial score (nSPS) is 11.1. The lowest BCUT2D eigenvalue weighted by Gasteiger charge is -2.17. The average molecular weight is 313 g/mol. The number of benzene rings is 2. The standard InChI is InChI=1S/C17H19N3OS/c1-10-6-11(19(2)3)8-14-16(10)18-17-13(21)7-12(20(4)5)9-15(17)22-14/h6-9H,1-5H3. The van der Waals surface area contributed by atoms with Crippen molar-refractivity contribution in [3.8, 4) is 10.6 Å². The molecule has 0 unspecified atom stereocenters. The fourth-order valence-electron chi connectivity index (χ4n) is 2.45. The maximum absolute atomic E-state index is 12.3. The Bertz CT molecular complexity index is 883. The fourth-order valence-corrected chi connectivity index (χ4v) is 3.60.